The van der Waals surface area contributed by atoms with Gasteiger partial charge in [0.25, 0.3) is 0 Å². The summed E-state index contributed by atoms with van der Waals surface area (Å²) in [5.41, 5.74) is -0.0992. The van der Waals surface area contributed by atoms with Gasteiger partial charge in [-0.05, 0) is 23.8 Å². The summed E-state index contributed by atoms with van der Waals surface area (Å²) in [6.45, 7) is 0. The van der Waals surface area contributed by atoms with E-state index in [1.807, 2.05) is 18.2 Å². The Balaban J connectivity index is 1.80. The second kappa shape index (κ2) is 4.59. The van der Waals surface area contributed by atoms with Crippen LogP contribution >= 0.6 is 0 Å². The fourth-order valence-corrected chi connectivity index (χ4v) is 3.07. The van der Waals surface area contributed by atoms with Crippen LogP contribution in [0.15, 0.2) is 54.6 Å². The minimum Gasteiger partial charge on any atom is -0.470 e. The average Bonchev–Trinajstić information content (AvgIpc) is 2.84. The van der Waals surface area contributed by atoms with Crippen molar-refractivity contribution in [3.05, 3.63) is 60.2 Å². The number of rotatable bonds is 3. The third kappa shape index (κ3) is 2.42. The number of hydrogen-bond acceptors (Lipinski definition) is 4. The van der Waals surface area contributed by atoms with Crippen LogP contribution in [0.4, 0.5) is 0 Å². The van der Waals surface area contributed by atoms with Gasteiger partial charge in [-0.1, -0.05) is 36.4 Å². The van der Waals surface area contributed by atoms with Crippen molar-refractivity contribution in [1.29, 1.82) is 0 Å². The summed E-state index contributed by atoms with van der Waals surface area (Å²) >= 11 is 0. The molecule has 1 unspecified atom stereocenters. The summed E-state index contributed by atoms with van der Waals surface area (Å²) in [6, 6.07) is 15.7. The molecule has 0 aromatic heterocycles. The molecule has 98 valence electrons. The van der Waals surface area contributed by atoms with Crippen LogP contribution in [0.25, 0.3) is 0 Å². The van der Waals surface area contributed by atoms with E-state index in [1.54, 1.807) is 36.4 Å². The Labute approximate surface area is 111 Å². The zero-order valence-corrected chi connectivity index (χ0v) is 10.8. The van der Waals surface area contributed by atoms with Crippen molar-refractivity contribution in [3.63, 3.8) is 0 Å². The van der Waals surface area contributed by atoms with E-state index in [9.17, 15) is 8.42 Å². The molecule has 1 aliphatic heterocycles. The number of para-hydroxylation sites is 2. The van der Waals surface area contributed by atoms with Gasteiger partial charge in [-0.3, -0.25) is 0 Å². The molecule has 0 aliphatic carbocycles. The maximum atomic E-state index is 12.1. The van der Waals surface area contributed by atoms with Gasteiger partial charge in [0.15, 0.2) is 0 Å². The second-order valence-electron chi connectivity index (χ2n) is 4.25. The molecular formula is C14H12O4S. The van der Waals surface area contributed by atoms with Gasteiger partial charge in [0.1, 0.15) is 11.5 Å². The van der Waals surface area contributed by atoms with Crippen LogP contribution in [0, 0.1) is 0 Å². The predicted octanol–water partition coefficient (Wildman–Crippen LogP) is 2.36. The summed E-state index contributed by atoms with van der Waals surface area (Å²) < 4.78 is 34.7. The van der Waals surface area contributed by atoms with Gasteiger partial charge in [-0.2, -0.15) is 8.42 Å². The van der Waals surface area contributed by atoms with Crippen molar-refractivity contribution >= 4 is 10.1 Å². The molecule has 3 rings (SSSR count). The molecule has 5 heteroatoms. The molecule has 0 spiro atoms. The number of ether oxygens (including phenoxy) is 1. The highest BCUT2D eigenvalue weighted by Gasteiger charge is 2.35. The molecule has 0 radical (unpaired) electrons. The van der Waals surface area contributed by atoms with Gasteiger partial charge in [-0.15, -0.1) is 0 Å². The van der Waals surface area contributed by atoms with Crippen LogP contribution in [0.2, 0.25) is 0 Å². The summed E-state index contributed by atoms with van der Waals surface area (Å²) in [6.07, 6.45) is 0.311. The summed E-state index contributed by atoms with van der Waals surface area (Å²) in [5, 5.41) is 0. The van der Waals surface area contributed by atoms with Crippen molar-refractivity contribution in [2.45, 2.75) is 11.9 Å². The molecule has 1 heterocycles. The Morgan fingerprint density at radius 1 is 1.00 bits per heavy atom. The zero-order valence-electron chi connectivity index (χ0n) is 10.0. The molecule has 0 amide bonds. The molecule has 2 aromatic rings. The van der Waals surface area contributed by atoms with Crippen LogP contribution in [0.1, 0.15) is 5.56 Å². The zero-order chi connectivity index (χ0) is 13.3. The molecule has 0 N–H and O–H groups in total. The van der Waals surface area contributed by atoms with Gasteiger partial charge < -0.3 is 8.92 Å². The first-order valence-electron chi connectivity index (χ1n) is 5.88. The minimum atomic E-state index is -3.80. The highest BCUT2D eigenvalue weighted by atomic mass is 32.2. The molecule has 0 bridgehead atoms. The minimum absolute atomic E-state index is 0.294. The van der Waals surface area contributed by atoms with Crippen molar-refractivity contribution < 1.29 is 17.3 Å². The summed E-state index contributed by atoms with van der Waals surface area (Å²) in [7, 11) is -3.80. The topological polar surface area (TPSA) is 52.6 Å². The molecular weight excluding hydrogens is 264 g/mol. The number of benzene rings is 2. The van der Waals surface area contributed by atoms with Crippen molar-refractivity contribution in [1.82, 2.24) is 0 Å². The molecule has 1 aliphatic rings. The molecule has 4 nitrogen and oxygen atoms in total. The predicted molar refractivity (Wildman–Crippen MR) is 70.6 cm³/mol. The van der Waals surface area contributed by atoms with E-state index >= 15 is 0 Å². The smallest absolute Gasteiger partial charge is 0.348 e. The number of hydrogen-bond donors (Lipinski definition) is 0. The molecule has 0 saturated carbocycles. The van der Waals surface area contributed by atoms with Gasteiger partial charge in [-0.25, -0.2) is 0 Å². The van der Waals surface area contributed by atoms with Gasteiger partial charge in [0.2, 0.25) is 5.44 Å². The Kier molecular flexibility index (Phi) is 2.91. The van der Waals surface area contributed by atoms with E-state index in [1.165, 1.54) is 0 Å². The SMILES string of the molecule is O=S(=O)(Oc1ccccc1)C1Cc2ccccc2O1. The van der Waals surface area contributed by atoms with Crippen molar-refractivity contribution in [3.8, 4) is 11.5 Å². The van der Waals surface area contributed by atoms with Crippen LogP contribution in [0.3, 0.4) is 0 Å². The quantitative estimate of drug-likeness (QED) is 0.808. The van der Waals surface area contributed by atoms with E-state index in [0.29, 0.717) is 17.9 Å². The van der Waals surface area contributed by atoms with E-state index in [4.69, 9.17) is 8.92 Å². The lowest BCUT2D eigenvalue weighted by Gasteiger charge is -2.12. The van der Waals surface area contributed by atoms with Gasteiger partial charge >= 0.3 is 10.1 Å². The first-order chi connectivity index (χ1) is 9.15. The Morgan fingerprint density at radius 3 is 2.42 bits per heavy atom. The lowest BCUT2D eigenvalue weighted by atomic mass is 10.2. The molecule has 1 atom stereocenters. The average molecular weight is 276 g/mol. The van der Waals surface area contributed by atoms with Crippen LogP contribution < -0.4 is 8.92 Å². The maximum absolute atomic E-state index is 12.1. The van der Waals surface area contributed by atoms with E-state index in [0.717, 1.165) is 5.56 Å². The normalized spacial score (nSPS) is 17.6. The van der Waals surface area contributed by atoms with E-state index in [-0.39, 0.29) is 0 Å². The van der Waals surface area contributed by atoms with Crippen LogP contribution in [-0.2, 0) is 16.5 Å². The monoisotopic (exact) mass is 276 g/mol. The van der Waals surface area contributed by atoms with E-state index in [2.05, 4.69) is 0 Å². The molecule has 0 fully saturated rings. The first kappa shape index (κ1) is 12.0. The third-order valence-corrected chi connectivity index (χ3v) is 4.23. The third-order valence-electron chi connectivity index (χ3n) is 2.90. The summed E-state index contributed by atoms with van der Waals surface area (Å²) in [4.78, 5) is 0. The lowest BCUT2D eigenvalue weighted by molar-refractivity contribution is 0.288. The van der Waals surface area contributed by atoms with E-state index < -0.39 is 15.6 Å². The van der Waals surface area contributed by atoms with Crippen molar-refractivity contribution in [2.24, 2.45) is 0 Å². The van der Waals surface area contributed by atoms with Crippen LogP contribution in [0.5, 0.6) is 11.5 Å². The van der Waals surface area contributed by atoms with Gasteiger partial charge in [0.05, 0.1) is 0 Å². The Morgan fingerprint density at radius 2 is 1.68 bits per heavy atom. The Bertz CT molecular complexity index is 655. The molecule has 19 heavy (non-hydrogen) atoms. The fraction of sp³-hybridized carbons (Fsp3) is 0.143. The van der Waals surface area contributed by atoms with Gasteiger partial charge in [0, 0.05) is 6.42 Å². The highest BCUT2D eigenvalue weighted by molar-refractivity contribution is 7.87. The second-order valence-corrected chi connectivity index (χ2v) is 5.93. The fourth-order valence-electron chi connectivity index (χ4n) is 1.98. The molecule has 2 aromatic carbocycles. The standard InChI is InChI=1S/C14H12O4S/c15-19(16,18-12-7-2-1-3-8-12)14-10-11-6-4-5-9-13(11)17-14/h1-9,14H,10H2. The highest BCUT2D eigenvalue weighted by Crippen LogP contribution is 2.31. The lowest BCUT2D eigenvalue weighted by Crippen LogP contribution is -2.29. The molecule has 0 saturated heterocycles. The maximum Gasteiger partial charge on any atom is 0.348 e. The largest absolute Gasteiger partial charge is 0.470 e. The summed E-state index contributed by atoms with van der Waals surface area (Å²) in [5.74, 6) is 0.898. The first-order valence-corrected chi connectivity index (χ1v) is 7.35. The van der Waals surface area contributed by atoms with Crippen molar-refractivity contribution in [2.75, 3.05) is 0 Å². The Hall–Kier alpha value is -2.01. The van der Waals surface area contributed by atoms with Crippen LogP contribution in [-0.4, -0.2) is 13.9 Å². The number of fused-ring (bicyclic) bond motifs is 1.